The molecule has 3 nitrogen and oxygen atoms in total. The Bertz CT molecular complexity index is 199. The van der Waals surface area contributed by atoms with E-state index in [1.807, 2.05) is 12.3 Å². The number of nitrogens with one attached hydrogen (secondary N) is 2. The number of anilines is 1. The van der Waals surface area contributed by atoms with Gasteiger partial charge in [0.2, 0.25) is 0 Å². The fourth-order valence-electron chi connectivity index (χ4n) is 1.42. The molecule has 0 radical (unpaired) electrons. The van der Waals surface area contributed by atoms with E-state index >= 15 is 0 Å². The predicted octanol–water partition coefficient (Wildman–Crippen LogP) is 0.424. The van der Waals surface area contributed by atoms with Gasteiger partial charge in [-0.3, -0.25) is 0 Å². The summed E-state index contributed by atoms with van der Waals surface area (Å²) in [6.45, 7) is 4.42. The van der Waals surface area contributed by atoms with Crippen LogP contribution in [0.15, 0.2) is 18.3 Å². The summed E-state index contributed by atoms with van der Waals surface area (Å²) in [6, 6.07) is 4.16. The average Bonchev–Trinajstić information content (AvgIpc) is 2.58. The van der Waals surface area contributed by atoms with Gasteiger partial charge >= 0.3 is 0 Å². The van der Waals surface area contributed by atoms with Gasteiger partial charge in [0, 0.05) is 32.4 Å². The summed E-state index contributed by atoms with van der Waals surface area (Å²) in [5, 5.41) is 3.32. The van der Waals surface area contributed by atoms with Crippen molar-refractivity contribution in [1.29, 1.82) is 0 Å². The molecule has 0 atom stereocenters. The van der Waals surface area contributed by atoms with Gasteiger partial charge in [-0.1, -0.05) is 0 Å². The van der Waals surface area contributed by atoms with Crippen LogP contribution in [-0.4, -0.2) is 31.2 Å². The lowest BCUT2D eigenvalue weighted by molar-refractivity contribution is 0.586. The molecule has 0 spiro atoms. The summed E-state index contributed by atoms with van der Waals surface area (Å²) < 4.78 is 0. The molecule has 60 valence electrons. The number of aromatic nitrogens is 1. The molecular weight excluding hydrogens is 138 g/mol. The minimum atomic E-state index is 1.10. The number of aromatic amines is 1. The van der Waals surface area contributed by atoms with Crippen LogP contribution in [0.1, 0.15) is 0 Å². The summed E-state index contributed by atoms with van der Waals surface area (Å²) in [5.41, 5.74) is 0. The van der Waals surface area contributed by atoms with Crippen LogP contribution in [0.25, 0.3) is 0 Å². The zero-order valence-corrected chi connectivity index (χ0v) is 6.51. The second-order valence-corrected chi connectivity index (χ2v) is 2.79. The van der Waals surface area contributed by atoms with E-state index in [1.54, 1.807) is 0 Å². The average molecular weight is 151 g/mol. The second-order valence-electron chi connectivity index (χ2n) is 2.79. The van der Waals surface area contributed by atoms with Crippen LogP contribution >= 0.6 is 0 Å². The van der Waals surface area contributed by atoms with Crippen molar-refractivity contribution in [2.24, 2.45) is 0 Å². The Morgan fingerprint density at radius 3 is 2.73 bits per heavy atom. The quantitative estimate of drug-likeness (QED) is 0.609. The van der Waals surface area contributed by atoms with Crippen molar-refractivity contribution in [2.45, 2.75) is 0 Å². The van der Waals surface area contributed by atoms with Crippen LogP contribution < -0.4 is 10.2 Å². The summed E-state index contributed by atoms with van der Waals surface area (Å²) in [4.78, 5) is 5.56. The highest BCUT2D eigenvalue weighted by Gasteiger charge is 2.09. The van der Waals surface area contributed by atoms with Crippen molar-refractivity contribution in [2.75, 3.05) is 31.1 Å². The number of hydrogen-bond donors (Lipinski definition) is 2. The van der Waals surface area contributed by atoms with Crippen molar-refractivity contribution >= 4 is 5.82 Å². The highest BCUT2D eigenvalue weighted by atomic mass is 15.2. The number of hydrogen-bond acceptors (Lipinski definition) is 2. The molecular formula is C8H13N3. The monoisotopic (exact) mass is 151 g/mol. The number of rotatable bonds is 1. The van der Waals surface area contributed by atoms with E-state index in [-0.39, 0.29) is 0 Å². The van der Waals surface area contributed by atoms with Gasteiger partial charge in [-0.25, -0.2) is 0 Å². The molecule has 1 aliphatic rings. The van der Waals surface area contributed by atoms with E-state index in [0.717, 1.165) is 26.2 Å². The molecule has 0 saturated carbocycles. The molecule has 1 aromatic heterocycles. The van der Waals surface area contributed by atoms with E-state index in [4.69, 9.17) is 0 Å². The molecule has 2 N–H and O–H groups in total. The van der Waals surface area contributed by atoms with E-state index in [1.165, 1.54) is 5.82 Å². The molecule has 11 heavy (non-hydrogen) atoms. The molecule has 0 unspecified atom stereocenters. The maximum absolute atomic E-state index is 3.32. The maximum Gasteiger partial charge on any atom is 0.105 e. The summed E-state index contributed by atoms with van der Waals surface area (Å²) in [5.74, 6) is 1.24. The zero-order valence-electron chi connectivity index (χ0n) is 6.51. The Hall–Kier alpha value is -0.960. The van der Waals surface area contributed by atoms with Gasteiger partial charge in [0.1, 0.15) is 5.82 Å². The highest BCUT2D eigenvalue weighted by molar-refractivity contribution is 5.38. The van der Waals surface area contributed by atoms with Crippen molar-refractivity contribution in [3.05, 3.63) is 18.3 Å². The van der Waals surface area contributed by atoms with Crippen molar-refractivity contribution in [3.8, 4) is 0 Å². The third kappa shape index (κ3) is 1.38. The molecule has 0 aliphatic carbocycles. The van der Waals surface area contributed by atoms with Crippen molar-refractivity contribution in [3.63, 3.8) is 0 Å². The van der Waals surface area contributed by atoms with Crippen LogP contribution in [0.4, 0.5) is 5.82 Å². The molecule has 1 aliphatic heterocycles. The molecule has 0 aromatic carbocycles. The van der Waals surface area contributed by atoms with Gasteiger partial charge in [0.15, 0.2) is 0 Å². The van der Waals surface area contributed by atoms with Crippen molar-refractivity contribution < 1.29 is 0 Å². The fourth-order valence-corrected chi connectivity index (χ4v) is 1.42. The smallest absolute Gasteiger partial charge is 0.105 e. The van der Waals surface area contributed by atoms with Gasteiger partial charge in [0.25, 0.3) is 0 Å². The van der Waals surface area contributed by atoms with Gasteiger partial charge in [-0.2, -0.15) is 0 Å². The molecule has 1 aromatic rings. The van der Waals surface area contributed by atoms with Crippen molar-refractivity contribution in [1.82, 2.24) is 10.3 Å². The topological polar surface area (TPSA) is 31.1 Å². The lowest BCUT2D eigenvalue weighted by Crippen LogP contribution is -2.43. The van der Waals surface area contributed by atoms with E-state index in [0.29, 0.717) is 0 Å². The lowest BCUT2D eigenvalue weighted by Gasteiger charge is -2.27. The summed E-state index contributed by atoms with van der Waals surface area (Å²) >= 11 is 0. The molecule has 0 amide bonds. The standard InChI is InChI=1S/C8H13N3/c1-2-8(10-3-1)11-6-4-9-5-7-11/h1-3,9-10H,4-7H2. The van der Waals surface area contributed by atoms with E-state index < -0.39 is 0 Å². The summed E-state index contributed by atoms with van der Waals surface area (Å²) in [6.07, 6.45) is 1.97. The number of H-pyrrole nitrogens is 1. The van der Waals surface area contributed by atoms with Crippen LogP contribution in [-0.2, 0) is 0 Å². The van der Waals surface area contributed by atoms with Gasteiger partial charge in [-0.05, 0) is 12.1 Å². The van der Waals surface area contributed by atoms with Crippen LogP contribution in [0.5, 0.6) is 0 Å². The fraction of sp³-hybridized carbons (Fsp3) is 0.500. The first-order valence-corrected chi connectivity index (χ1v) is 4.06. The lowest BCUT2D eigenvalue weighted by atomic mass is 10.3. The Morgan fingerprint density at radius 1 is 1.27 bits per heavy atom. The maximum atomic E-state index is 3.32. The SMILES string of the molecule is c1c[nH]c(N2CCNCC2)c1. The van der Waals surface area contributed by atoms with Gasteiger partial charge < -0.3 is 15.2 Å². The third-order valence-electron chi connectivity index (χ3n) is 2.04. The highest BCUT2D eigenvalue weighted by Crippen LogP contribution is 2.09. The molecule has 2 rings (SSSR count). The predicted molar refractivity (Wildman–Crippen MR) is 45.9 cm³/mol. The Kier molecular flexibility index (Phi) is 1.81. The Morgan fingerprint density at radius 2 is 2.09 bits per heavy atom. The van der Waals surface area contributed by atoms with Gasteiger partial charge in [0.05, 0.1) is 0 Å². The Labute approximate surface area is 66.4 Å². The van der Waals surface area contributed by atoms with Crippen LogP contribution in [0, 0.1) is 0 Å². The normalized spacial score (nSPS) is 18.7. The first kappa shape index (κ1) is 6.73. The van der Waals surface area contributed by atoms with E-state index in [9.17, 15) is 0 Å². The number of nitrogens with zero attached hydrogens (tertiary/aromatic N) is 1. The summed E-state index contributed by atoms with van der Waals surface area (Å²) in [7, 11) is 0. The second kappa shape index (κ2) is 2.96. The Balaban J connectivity index is 2.04. The largest absolute Gasteiger partial charge is 0.356 e. The molecule has 1 saturated heterocycles. The number of piperazine rings is 1. The minimum Gasteiger partial charge on any atom is -0.356 e. The van der Waals surface area contributed by atoms with Crippen LogP contribution in [0.3, 0.4) is 0 Å². The first-order valence-electron chi connectivity index (χ1n) is 4.06. The first-order chi connectivity index (χ1) is 5.47. The molecule has 0 bridgehead atoms. The molecule has 2 heterocycles. The van der Waals surface area contributed by atoms with Gasteiger partial charge in [-0.15, -0.1) is 0 Å². The molecule has 1 fully saturated rings. The zero-order chi connectivity index (χ0) is 7.52. The van der Waals surface area contributed by atoms with E-state index in [2.05, 4.69) is 21.3 Å². The third-order valence-corrected chi connectivity index (χ3v) is 2.04. The van der Waals surface area contributed by atoms with Crippen LogP contribution in [0.2, 0.25) is 0 Å². The minimum absolute atomic E-state index is 1.10. The molecule has 3 heteroatoms.